The third kappa shape index (κ3) is 3.75. The maximum Gasteiger partial charge on any atom is 0.241 e. The van der Waals surface area contributed by atoms with Crippen LogP contribution in [-0.2, 0) is 10.0 Å². The van der Waals surface area contributed by atoms with Crippen molar-refractivity contribution in [3.05, 3.63) is 29.8 Å². The van der Waals surface area contributed by atoms with E-state index in [1.165, 1.54) is 6.07 Å². The van der Waals surface area contributed by atoms with Crippen molar-refractivity contribution in [1.82, 2.24) is 4.72 Å². The van der Waals surface area contributed by atoms with Gasteiger partial charge in [-0.05, 0) is 25.8 Å². The molecule has 0 saturated carbocycles. The fraction of sp³-hybridized carbons (Fsp3) is 0.462. The van der Waals surface area contributed by atoms with E-state index in [2.05, 4.69) is 4.72 Å². The Morgan fingerprint density at radius 1 is 1.32 bits per heavy atom. The lowest BCUT2D eigenvalue weighted by atomic mass is 9.98. The zero-order valence-corrected chi connectivity index (χ0v) is 13.1. The van der Waals surface area contributed by atoms with E-state index in [0.717, 1.165) is 0 Å². The average molecular weight is 300 g/mol. The van der Waals surface area contributed by atoms with E-state index in [4.69, 9.17) is 18.0 Å². The van der Waals surface area contributed by atoms with Crippen molar-refractivity contribution in [1.29, 1.82) is 0 Å². The average Bonchev–Trinajstić information content (AvgIpc) is 2.38. The summed E-state index contributed by atoms with van der Waals surface area (Å²) < 4.78 is 27.7. The van der Waals surface area contributed by atoms with Gasteiger partial charge in [0.2, 0.25) is 10.0 Å². The van der Waals surface area contributed by atoms with Gasteiger partial charge < -0.3 is 5.73 Å². The second-order valence-corrected chi connectivity index (χ2v) is 6.82. The molecule has 0 bridgehead atoms. The summed E-state index contributed by atoms with van der Waals surface area (Å²) in [6.45, 7) is 5.78. The minimum absolute atomic E-state index is 0.0793. The van der Waals surface area contributed by atoms with E-state index in [1.807, 2.05) is 20.8 Å². The Labute approximate surface area is 120 Å². The molecule has 0 radical (unpaired) electrons. The molecule has 3 N–H and O–H groups in total. The molecule has 0 fully saturated rings. The number of rotatable bonds is 6. The predicted octanol–water partition coefficient (Wildman–Crippen LogP) is 2.18. The van der Waals surface area contributed by atoms with Crippen LogP contribution in [0.5, 0.6) is 0 Å². The van der Waals surface area contributed by atoms with Crippen LogP contribution in [0.25, 0.3) is 0 Å². The summed E-state index contributed by atoms with van der Waals surface area (Å²) in [7, 11) is -3.64. The topological polar surface area (TPSA) is 72.2 Å². The molecule has 0 aliphatic rings. The maximum absolute atomic E-state index is 12.5. The van der Waals surface area contributed by atoms with Gasteiger partial charge in [0.05, 0.1) is 4.90 Å². The number of hydrogen-bond acceptors (Lipinski definition) is 3. The Bertz CT molecular complexity index is 564. The second kappa shape index (κ2) is 5.98. The quantitative estimate of drug-likeness (QED) is 0.790. The molecule has 0 atom stereocenters. The molecule has 0 heterocycles. The molecule has 0 spiro atoms. The molecule has 4 nitrogen and oxygen atoms in total. The molecule has 0 aliphatic heterocycles. The smallest absolute Gasteiger partial charge is 0.241 e. The third-order valence-electron chi connectivity index (χ3n) is 3.38. The van der Waals surface area contributed by atoms with Crippen molar-refractivity contribution in [2.45, 2.75) is 44.0 Å². The van der Waals surface area contributed by atoms with E-state index < -0.39 is 15.6 Å². The van der Waals surface area contributed by atoms with Crippen molar-refractivity contribution in [2.75, 3.05) is 0 Å². The van der Waals surface area contributed by atoms with Gasteiger partial charge in [0.1, 0.15) is 4.99 Å². The molecule has 6 heteroatoms. The highest BCUT2D eigenvalue weighted by atomic mass is 32.2. The van der Waals surface area contributed by atoms with Crippen molar-refractivity contribution in [3.63, 3.8) is 0 Å². The summed E-state index contributed by atoms with van der Waals surface area (Å²) in [5, 5.41) is 0. The number of nitrogens with two attached hydrogens (primary N) is 1. The van der Waals surface area contributed by atoms with E-state index >= 15 is 0 Å². The molecule has 0 aliphatic carbocycles. The first-order chi connectivity index (χ1) is 8.75. The Balaban J connectivity index is 3.25. The highest BCUT2D eigenvalue weighted by Crippen LogP contribution is 2.21. The van der Waals surface area contributed by atoms with Crippen molar-refractivity contribution < 1.29 is 8.42 Å². The molecular weight excluding hydrogens is 280 g/mol. The van der Waals surface area contributed by atoms with Crippen LogP contribution in [0.15, 0.2) is 29.2 Å². The Hall–Kier alpha value is -0.980. The molecule has 1 aromatic rings. The minimum atomic E-state index is -3.64. The normalized spacial score (nSPS) is 12.4. The first-order valence-electron chi connectivity index (χ1n) is 6.18. The molecule has 0 amide bonds. The van der Waals surface area contributed by atoms with E-state index in [-0.39, 0.29) is 9.88 Å². The fourth-order valence-corrected chi connectivity index (χ4v) is 3.69. The number of nitrogens with one attached hydrogen (secondary N) is 1. The fourth-order valence-electron chi connectivity index (χ4n) is 1.68. The van der Waals surface area contributed by atoms with E-state index in [9.17, 15) is 8.42 Å². The zero-order chi connectivity index (χ0) is 14.7. The van der Waals surface area contributed by atoms with Crippen LogP contribution in [0.4, 0.5) is 0 Å². The van der Waals surface area contributed by atoms with Crippen LogP contribution in [0.2, 0.25) is 0 Å². The predicted molar refractivity (Wildman–Crippen MR) is 81.6 cm³/mol. The SMILES string of the molecule is CCC(C)(CC)NS(=O)(=O)c1ccccc1C(N)=S. The van der Waals surface area contributed by atoms with E-state index in [0.29, 0.717) is 18.4 Å². The first kappa shape index (κ1) is 16.1. The summed E-state index contributed by atoms with van der Waals surface area (Å²) in [6.07, 6.45) is 1.41. The van der Waals surface area contributed by atoms with Crippen LogP contribution in [0, 0.1) is 0 Å². The van der Waals surface area contributed by atoms with Gasteiger partial charge in [-0.1, -0.05) is 44.3 Å². The molecule has 106 valence electrons. The van der Waals surface area contributed by atoms with Crippen molar-refractivity contribution >= 4 is 27.2 Å². The van der Waals surface area contributed by atoms with Gasteiger partial charge in [-0.15, -0.1) is 0 Å². The lowest BCUT2D eigenvalue weighted by Crippen LogP contribution is -2.45. The zero-order valence-electron chi connectivity index (χ0n) is 11.4. The Morgan fingerprint density at radius 2 is 1.84 bits per heavy atom. The van der Waals surface area contributed by atoms with Crippen LogP contribution >= 0.6 is 12.2 Å². The van der Waals surface area contributed by atoms with Gasteiger partial charge in [0.25, 0.3) is 0 Å². The highest BCUT2D eigenvalue weighted by molar-refractivity contribution is 7.89. The molecule has 19 heavy (non-hydrogen) atoms. The summed E-state index contributed by atoms with van der Waals surface area (Å²) in [5.41, 5.74) is 5.48. The molecule has 0 aromatic heterocycles. The first-order valence-corrected chi connectivity index (χ1v) is 8.07. The number of thiocarbonyl (C=S) groups is 1. The van der Waals surface area contributed by atoms with Crippen LogP contribution in [0.1, 0.15) is 39.2 Å². The maximum atomic E-state index is 12.5. The largest absolute Gasteiger partial charge is 0.389 e. The van der Waals surface area contributed by atoms with E-state index in [1.54, 1.807) is 18.2 Å². The lowest BCUT2D eigenvalue weighted by Gasteiger charge is -2.28. The summed E-state index contributed by atoms with van der Waals surface area (Å²) >= 11 is 4.90. The number of sulfonamides is 1. The molecular formula is C13H20N2O2S2. The standard InChI is InChI=1S/C13H20N2O2S2/c1-4-13(3,5-2)15-19(16,17)11-9-7-6-8-10(11)12(14)18/h6-9,15H,4-5H2,1-3H3,(H2,14,18). The van der Waals surface area contributed by atoms with Crippen LogP contribution in [-0.4, -0.2) is 18.9 Å². The summed E-state index contributed by atoms with van der Waals surface area (Å²) in [4.78, 5) is 0.214. The van der Waals surface area contributed by atoms with Crippen molar-refractivity contribution in [2.24, 2.45) is 5.73 Å². The summed E-state index contributed by atoms with van der Waals surface area (Å²) in [5.74, 6) is 0. The Kier molecular flexibility index (Phi) is 5.06. The highest BCUT2D eigenvalue weighted by Gasteiger charge is 2.29. The van der Waals surface area contributed by atoms with Gasteiger partial charge in [-0.25, -0.2) is 13.1 Å². The van der Waals surface area contributed by atoms with Crippen LogP contribution in [0.3, 0.4) is 0 Å². The van der Waals surface area contributed by atoms with Gasteiger partial charge >= 0.3 is 0 Å². The second-order valence-electron chi connectivity index (χ2n) is 4.73. The monoisotopic (exact) mass is 300 g/mol. The molecule has 0 saturated heterocycles. The van der Waals surface area contributed by atoms with Crippen molar-refractivity contribution in [3.8, 4) is 0 Å². The molecule has 1 aromatic carbocycles. The lowest BCUT2D eigenvalue weighted by molar-refractivity contribution is 0.388. The minimum Gasteiger partial charge on any atom is -0.389 e. The molecule has 1 rings (SSSR count). The van der Waals surface area contributed by atoms with Gasteiger partial charge in [-0.2, -0.15) is 0 Å². The van der Waals surface area contributed by atoms with Gasteiger partial charge in [0.15, 0.2) is 0 Å². The number of benzene rings is 1. The Morgan fingerprint density at radius 3 is 2.32 bits per heavy atom. The molecule has 0 unspecified atom stereocenters. The van der Waals surface area contributed by atoms with Gasteiger partial charge in [-0.3, -0.25) is 0 Å². The summed E-state index contributed by atoms with van der Waals surface area (Å²) in [6, 6.07) is 6.51. The third-order valence-corrected chi connectivity index (χ3v) is 5.30. The van der Waals surface area contributed by atoms with Gasteiger partial charge in [0, 0.05) is 11.1 Å². The van der Waals surface area contributed by atoms with Crippen LogP contribution < -0.4 is 10.5 Å². The number of hydrogen-bond donors (Lipinski definition) is 2.